The third-order valence-electron chi connectivity index (χ3n) is 3.62. The van der Waals surface area contributed by atoms with E-state index in [1.165, 1.54) is 12.8 Å². The van der Waals surface area contributed by atoms with E-state index in [4.69, 9.17) is 0 Å². The van der Waals surface area contributed by atoms with E-state index in [0.717, 1.165) is 38.5 Å². The average Bonchev–Trinajstić information content (AvgIpc) is 2.35. The summed E-state index contributed by atoms with van der Waals surface area (Å²) in [5.74, 6) is -1.85. The van der Waals surface area contributed by atoms with Crippen molar-refractivity contribution < 1.29 is 19.8 Å². The molecular formula is C20H38MgO4. The first kappa shape index (κ1) is 29.5. The van der Waals surface area contributed by atoms with Crippen molar-refractivity contribution in [2.75, 3.05) is 0 Å². The number of carboxylic acids is 2. The molecule has 0 amide bonds. The molecule has 0 radical (unpaired) electrons. The van der Waals surface area contributed by atoms with Crippen LogP contribution in [-0.2, 0) is 9.59 Å². The van der Waals surface area contributed by atoms with Crippen molar-refractivity contribution in [1.82, 2.24) is 0 Å². The standard InChI is InChI=1S/2C10H20O2.Mg/c2*1-10(2,3)8-6-4-5-7-9(11)12;/h2*4-8H2,1-3H3,(H,11,12);/q;;+2/p-2. The molecule has 0 aromatic carbocycles. The molecule has 5 heteroatoms. The minimum Gasteiger partial charge on any atom is -0.550 e. The third kappa shape index (κ3) is 35.6. The molecule has 0 bridgehead atoms. The molecule has 0 atom stereocenters. The molecule has 0 aromatic rings. The summed E-state index contributed by atoms with van der Waals surface area (Å²) < 4.78 is 0. The first-order chi connectivity index (χ1) is 10.8. The number of carbonyl (C=O) groups excluding carboxylic acids is 2. The Bertz CT molecular complexity index is 307. The number of rotatable bonds is 10. The monoisotopic (exact) mass is 366 g/mol. The Hall–Kier alpha value is -0.294. The fourth-order valence-corrected chi connectivity index (χ4v) is 2.20. The molecule has 0 N–H and O–H groups in total. The second-order valence-corrected chi connectivity index (χ2v) is 8.99. The SMILES string of the molecule is CC(C)(C)CCCCCC(=O)[O-].CC(C)(C)CCCCCC(=O)[O-].[Mg+2]. The fraction of sp³-hybridized carbons (Fsp3) is 0.900. The van der Waals surface area contributed by atoms with Gasteiger partial charge in [-0.2, -0.15) is 0 Å². The van der Waals surface area contributed by atoms with E-state index < -0.39 is 11.9 Å². The van der Waals surface area contributed by atoms with E-state index in [0.29, 0.717) is 10.8 Å². The van der Waals surface area contributed by atoms with Crippen molar-refractivity contribution in [1.29, 1.82) is 0 Å². The summed E-state index contributed by atoms with van der Waals surface area (Å²) in [4.78, 5) is 20.1. The van der Waals surface area contributed by atoms with Crippen molar-refractivity contribution in [3.05, 3.63) is 0 Å². The van der Waals surface area contributed by atoms with Gasteiger partial charge in [-0.1, -0.05) is 67.2 Å². The zero-order valence-corrected chi connectivity index (χ0v) is 18.8. The van der Waals surface area contributed by atoms with Gasteiger partial charge in [-0.15, -0.1) is 0 Å². The van der Waals surface area contributed by atoms with Gasteiger partial charge in [0.05, 0.1) is 0 Å². The van der Waals surface area contributed by atoms with Gasteiger partial charge >= 0.3 is 23.1 Å². The van der Waals surface area contributed by atoms with Gasteiger partial charge in [0, 0.05) is 11.9 Å². The van der Waals surface area contributed by atoms with Crippen LogP contribution >= 0.6 is 0 Å². The van der Waals surface area contributed by atoms with E-state index in [2.05, 4.69) is 41.5 Å². The van der Waals surface area contributed by atoms with Crippen molar-refractivity contribution >= 4 is 35.0 Å². The maximum atomic E-state index is 10.0. The Morgan fingerprint density at radius 1 is 0.600 bits per heavy atom. The zero-order chi connectivity index (χ0) is 19.2. The predicted octanol–water partition coefficient (Wildman–Crippen LogP) is 3.09. The van der Waals surface area contributed by atoms with Crippen LogP contribution in [0.4, 0.5) is 0 Å². The Balaban J connectivity index is -0.000000372. The van der Waals surface area contributed by atoms with Gasteiger partial charge in [-0.3, -0.25) is 0 Å². The molecular weight excluding hydrogens is 329 g/mol. The van der Waals surface area contributed by atoms with Crippen LogP contribution in [0.3, 0.4) is 0 Å². The van der Waals surface area contributed by atoms with Crippen LogP contribution in [-0.4, -0.2) is 35.0 Å². The Kier molecular flexibility index (Phi) is 18.8. The summed E-state index contributed by atoms with van der Waals surface area (Å²) in [6.45, 7) is 13.2. The largest absolute Gasteiger partial charge is 2.00 e. The first-order valence-electron chi connectivity index (χ1n) is 9.23. The van der Waals surface area contributed by atoms with Gasteiger partial charge in [0.2, 0.25) is 0 Å². The van der Waals surface area contributed by atoms with Crippen LogP contribution in [0.25, 0.3) is 0 Å². The van der Waals surface area contributed by atoms with E-state index in [1.54, 1.807) is 0 Å². The second kappa shape index (κ2) is 15.9. The Labute approximate surface area is 171 Å². The van der Waals surface area contributed by atoms with Crippen molar-refractivity contribution in [3.63, 3.8) is 0 Å². The molecule has 25 heavy (non-hydrogen) atoms. The van der Waals surface area contributed by atoms with E-state index in [1.807, 2.05) is 0 Å². The molecule has 0 aliphatic heterocycles. The van der Waals surface area contributed by atoms with Crippen LogP contribution in [0.1, 0.15) is 106 Å². The van der Waals surface area contributed by atoms with Crippen LogP contribution in [0, 0.1) is 10.8 Å². The van der Waals surface area contributed by atoms with Gasteiger partial charge < -0.3 is 19.8 Å². The van der Waals surface area contributed by atoms with E-state index in [-0.39, 0.29) is 35.9 Å². The molecule has 0 spiro atoms. The molecule has 144 valence electrons. The minimum absolute atomic E-state index is 0. The smallest absolute Gasteiger partial charge is 0.550 e. The summed E-state index contributed by atoms with van der Waals surface area (Å²) in [7, 11) is 0. The molecule has 0 saturated carbocycles. The molecule has 0 aliphatic carbocycles. The maximum absolute atomic E-state index is 10.0. The summed E-state index contributed by atoms with van der Waals surface area (Å²) in [6.07, 6.45) is 8.54. The molecule has 0 aliphatic rings. The van der Waals surface area contributed by atoms with E-state index in [9.17, 15) is 19.8 Å². The van der Waals surface area contributed by atoms with Crippen LogP contribution in [0.5, 0.6) is 0 Å². The quantitative estimate of drug-likeness (QED) is 0.439. The number of hydrogen-bond donors (Lipinski definition) is 0. The van der Waals surface area contributed by atoms with Crippen molar-refractivity contribution in [3.8, 4) is 0 Å². The van der Waals surface area contributed by atoms with E-state index >= 15 is 0 Å². The molecule has 0 heterocycles. The van der Waals surface area contributed by atoms with Gasteiger partial charge in [0.25, 0.3) is 0 Å². The van der Waals surface area contributed by atoms with Crippen molar-refractivity contribution in [2.24, 2.45) is 10.8 Å². The fourth-order valence-electron chi connectivity index (χ4n) is 2.20. The number of carboxylic acid groups (broad SMARTS) is 2. The van der Waals surface area contributed by atoms with Gasteiger partial charge in [-0.05, 0) is 49.4 Å². The Morgan fingerprint density at radius 2 is 0.880 bits per heavy atom. The van der Waals surface area contributed by atoms with Gasteiger partial charge in [0.1, 0.15) is 0 Å². The number of unbranched alkanes of at least 4 members (excludes halogenated alkanes) is 4. The molecule has 0 fully saturated rings. The number of carbonyl (C=O) groups is 2. The summed E-state index contributed by atoms with van der Waals surface area (Å²) in [5.41, 5.74) is 0.753. The molecule has 4 nitrogen and oxygen atoms in total. The normalized spacial score (nSPS) is 11.1. The topological polar surface area (TPSA) is 80.3 Å². The predicted molar refractivity (Wildman–Crippen MR) is 101 cm³/mol. The summed E-state index contributed by atoms with van der Waals surface area (Å²) >= 11 is 0. The molecule has 0 saturated heterocycles. The molecule has 0 aromatic heterocycles. The first-order valence-corrected chi connectivity index (χ1v) is 9.23. The van der Waals surface area contributed by atoms with Crippen LogP contribution in [0.15, 0.2) is 0 Å². The molecule has 0 rings (SSSR count). The summed E-state index contributed by atoms with van der Waals surface area (Å²) in [5, 5.41) is 20.1. The molecule has 0 unspecified atom stereocenters. The third-order valence-corrected chi connectivity index (χ3v) is 3.62. The van der Waals surface area contributed by atoms with Gasteiger partial charge in [0.15, 0.2) is 0 Å². The van der Waals surface area contributed by atoms with Crippen LogP contribution in [0.2, 0.25) is 0 Å². The zero-order valence-electron chi connectivity index (χ0n) is 17.4. The Morgan fingerprint density at radius 3 is 1.08 bits per heavy atom. The average molecular weight is 367 g/mol. The number of aliphatic carboxylic acids is 2. The second-order valence-electron chi connectivity index (χ2n) is 8.99. The van der Waals surface area contributed by atoms with Gasteiger partial charge in [-0.25, -0.2) is 0 Å². The maximum Gasteiger partial charge on any atom is 2.00 e. The van der Waals surface area contributed by atoms with Crippen molar-refractivity contribution in [2.45, 2.75) is 106 Å². The summed E-state index contributed by atoms with van der Waals surface area (Å²) in [6, 6.07) is 0. The minimum atomic E-state index is -0.925. The number of hydrogen-bond acceptors (Lipinski definition) is 4. The van der Waals surface area contributed by atoms with Crippen LogP contribution < -0.4 is 10.2 Å².